The maximum absolute atomic E-state index is 12.0. The number of rotatable bonds is 4. The Hall–Kier alpha value is -1.15. The molecule has 2 aromatic carbocycles. The number of fused-ring (bicyclic) bond motifs is 1. The Kier molecular flexibility index (Phi) is 3.21. The summed E-state index contributed by atoms with van der Waals surface area (Å²) in [4.78, 5) is 12.0. The molecule has 0 saturated heterocycles. The van der Waals surface area contributed by atoms with Crippen molar-refractivity contribution in [3.8, 4) is 0 Å². The molecule has 2 aromatic rings. The molecule has 1 saturated carbocycles. The zero-order valence-corrected chi connectivity index (χ0v) is 11.7. The predicted octanol–water partition coefficient (Wildman–Crippen LogP) is 4.12. The smallest absolute Gasteiger partial charge is 0.149 e. The average molecular weight is 303 g/mol. The molecule has 0 aromatic heterocycles. The summed E-state index contributed by atoms with van der Waals surface area (Å²) in [5, 5.41) is 2.50. The zero-order chi connectivity index (χ0) is 12.5. The average Bonchev–Trinajstić information content (AvgIpc) is 3.22. The third-order valence-electron chi connectivity index (χ3n) is 3.57. The number of Topliss-reactive ketones (excluding diaryl/α,β-unsaturated/α-hetero) is 1. The van der Waals surface area contributed by atoms with E-state index in [2.05, 4.69) is 52.3 Å². The van der Waals surface area contributed by atoms with Crippen LogP contribution < -0.4 is 0 Å². The van der Waals surface area contributed by atoms with Gasteiger partial charge in [0.15, 0.2) is 0 Å². The van der Waals surface area contributed by atoms with Gasteiger partial charge in [0, 0.05) is 5.92 Å². The van der Waals surface area contributed by atoms with E-state index >= 15 is 0 Å². The second-order valence-corrected chi connectivity index (χ2v) is 6.09. The zero-order valence-electron chi connectivity index (χ0n) is 10.1. The molecule has 0 radical (unpaired) electrons. The van der Waals surface area contributed by atoms with E-state index in [1.165, 1.54) is 16.3 Å². The van der Waals surface area contributed by atoms with Gasteiger partial charge in [-0.15, -0.1) is 0 Å². The Morgan fingerprint density at radius 1 is 1.17 bits per heavy atom. The van der Waals surface area contributed by atoms with Gasteiger partial charge in [-0.2, -0.15) is 0 Å². The molecule has 1 unspecified atom stereocenters. The third-order valence-corrected chi connectivity index (χ3v) is 4.34. The highest BCUT2D eigenvalue weighted by molar-refractivity contribution is 9.10. The number of ketones is 1. The number of hydrogen-bond acceptors (Lipinski definition) is 1. The minimum absolute atomic E-state index is 0.0317. The molecule has 0 aliphatic heterocycles. The topological polar surface area (TPSA) is 17.1 Å². The van der Waals surface area contributed by atoms with Crippen molar-refractivity contribution < 1.29 is 4.79 Å². The molecule has 1 atom stereocenters. The summed E-state index contributed by atoms with van der Waals surface area (Å²) in [6.07, 6.45) is 2.95. The Morgan fingerprint density at radius 3 is 2.67 bits per heavy atom. The van der Waals surface area contributed by atoms with Gasteiger partial charge in [-0.3, -0.25) is 4.79 Å². The molecule has 1 aliphatic rings. The van der Waals surface area contributed by atoms with E-state index in [4.69, 9.17) is 0 Å². The maximum atomic E-state index is 12.0. The summed E-state index contributed by atoms with van der Waals surface area (Å²) in [6.45, 7) is 0. The van der Waals surface area contributed by atoms with Gasteiger partial charge in [-0.25, -0.2) is 0 Å². The van der Waals surface area contributed by atoms with Crippen molar-refractivity contribution in [3.05, 3.63) is 48.0 Å². The van der Waals surface area contributed by atoms with Crippen LogP contribution in [0.25, 0.3) is 10.8 Å². The molecule has 0 bridgehead atoms. The highest BCUT2D eigenvalue weighted by Gasteiger charge is 2.33. The molecule has 1 nitrogen and oxygen atoms in total. The number of alkyl halides is 1. The Bertz CT molecular complexity index is 581. The Labute approximate surface area is 115 Å². The SMILES string of the molecule is O=C(C(Br)Cc1cccc2ccccc12)C1CC1. The summed E-state index contributed by atoms with van der Waals surface area (Å²) in [7, 11) is 0. The third kappa shape index (κ3) is 2.35. The van der Waals surface area contributed by atoms with Crippen molar-refractivity contribution in [3.63, 3.8) is 0 Å². The monoisotopic (exact) mass is 302 g/mol. The molecule has 18 heavy (non-hydrogen) atoms. The lowest BCUT2D eigenvalue weighted by Gasteiger charge is -2.10. The molecule has 92 valence electrons. The number of carbonyl (C=O) groups excluding carboxylic acids is 1. The molecule has 0 amide bonds. The van der Waals surface area contributed by atoms with Gasteiger partial charge in [0.25, 0.3) is 0 Å². The fourth-order valence-electron chi connectivity index (χ4n) is 2.39. The van der Waals surface area contributed by atoms with E-state index in [1.807, 2.05) is 6.07 Å². The van der Waals surface area contributed by atoms with E-state index in [-0.39, 0.29) is 4.83 Å². The fourth-order valence-corrected chi connectivity index (χ4v) is 3.11. The number of benzene rings is 2. The molecule has 0 heterocycles. The van der Waals surface area contributed by atoms with Gasteiger partial charge in [-0.05, 0) is 35.6 Å². The first-order valence-corrected chi connectivity index (χ1v) is 7.32. The van der Waals surface area contributed by atoms with Gasteiger partial charge in [-0.1, -0.05) is 58.4 Å². The van der Waals surface area contributed by atoms with Crippen molar-refractivity contribution in [2.45, 2.75) is 24.1 Å². The van der Waals surface area contributed by atoms with Crippen LogP contribution in [0, 0.1) is 5.92 Å². The first-order valence-electron chi connectivity index (χ1n) is 6.40. The molecule has 1 fully saturated rings. The highest BCUT2D eigenvalue weighted by Crippen LogP contribution is 2.33. The quantitative estimate of drug-likeness (QED) is 0.776. The molecular formula is C16H15BrO. The largest absolute Gasteiger partial charge is 0.298 e. The van der Waals surface area contributed by atoms with Crippen molar-refractivity contribution >= 4 is 32.5 Å². The van der Waals surface area contributed by atoms with Gasteiger partial charge in [0.05, 0.1) is 4.83 Å². The van der Waals surface area contributed by atoms with Crippen LogP contribution in [0.1, 0.15) is 18.4 Å². The first kappa shape index (κ1) is 11.9. The summed E-state index contributed by atoms with van der Waals surface area (Å²) in [5.41, 5.74) is 1.25. The molecule has 0 N–H and O–H groups in total. The second kappa shape index (κ2) is 4.85. The van der Waals surface area contributed by atoms with Crippen molar-refractivity contribution in [2.75, 3.05) is 0 Å². The van der Waals surface area contributed by atoms with Gasteiger partial charge in [0.2, 0.25) is 0 Å². The van der Waals surface area contributed by atoms with Crippen LogP contribution in [-0.4, -0.2) is 10.6 Å². The van der Waals surface area contributed by atoms with Crippen LogP contribution in [0.15, 0.2) is 42.5 Å². The standard InChI is InChI=1S/C16H15BrO/c17-15(16(18)12-8-9-12)10-13-6-3-5-11-4-1-2-7-14(11)13/h1-7,12,15H,8-10H2. The normalized spacial score (nSPS) is 16.7. The van der Waals surface area contributed by atoms with Crippen molar-refractivity contribution in [1.82, 2.24) is 0 Å². The van der Waals surface area contributed by atoms with E-state index in [0.717, 1.165) is 19.3 Å². The Morgan fingerprint density at radius 2 is 1.89 bits per heavy atom. The first-order chi connectivity index (χ1) is 8.75. The molecule has 1 aliphatic carbocycles. The van der Waals surface area contributed by atoms with Crippen LogP contribution in [0.3, 0.4) is 0 Å². The fraction of sp³-hybridized carbons (Fsp3) is 0.312. The summed E-state index contributed by atoms with van der Waals surface area (Å²) < 4.78 is 0. The van der Waals surface area contributed by atoms with Crippen LogP contribution >= 0.6 is 15.9 Å². The van der Waals surface area contributed by atoms with Crippen molar-refractivity contribution in [1.29, 1.82) is 0 Å². The molecule has 2 heteroatoms. The van der Waals surface area contributed by atoms with Crippen molar-refractivity contribution in [2.24, 2.45) is 5.92 Å². The molecular weight excluding hydrogens is 288 g/mol. The van der Waals surface area contributed by atoms with Crippen LogP contribution in [0.5, 0.6) is 0 Å². The van der Waals surface area contributed by atoms with Gasteiger partial charge in [0.1, 0.15) is 5.78 Å². The van der Waals surface area contributed by atoms with Crippen LogP contribution in [0.2, 0.25) is 0 Å². The minimum atomic E-state index is -0.0317. The van der Waals surface area contributed by atoms with E-state index < -0.39 is 0 Å². The minimum Gasteiger partial charge on any atom is -0.298 e. The second-order valence-electron chi connectivity index (χ2n) is 4.99. The summed E-state index contributed by atoms with van der Waals surface area (Å²) in [5.74, 6) is 0.701. The number of carbonyl (C=O) groups is 1. The number of hydrogen-bond donors (Lipinski definition) is 0. The van der Waals surface area contributed by atoms with Crippen LogP contribution in [0.4, 0.5) is 0 Å². The molecule has 0 spiro atoms. The lowest BCUT2D eigenvalue weighted by atomic mass is 9.99. The lowest BCUT2D eigenvalue weighted by Crippen LogP contribution is -2.18. The van der Waals surface area contributed by atoms with E-state index in [1.54, 1.807) is 0 Å². The van der Waals surface area contributed by atoms with E-state index in [9.17, 15) is 4.79 Å². The number of halogens is 1. The maximum Gasteiger partial charge on any atom is 0.149 e. The highest BCUT2D eigenvalue weighted by atomic mass is 79.9. The molecule has 3 rings (SSSR count). The van der Waals surface area contributed by atoms with Gasteiger partial charge < -0.3 is 0 Å². The summed E-state index contributed by atoms with van der Waals surface area (Å²) >= 11 is 3.56. The van der Waals surface area contributed by atoms with E-state index in [0.29, 0.717) is 11.7 Å². The lowest BCUT2D eigenvalue weighted by molar-refractivity contribution is -0.119. The van der Waals surface area contributed by atoms with Crippen LogP contribution in [-0.2, 0) is 11.2 Å². The predicted molar refractivity (Wildman–Crippen MR) is 78.1 cm³/mol. The summed E-state index contributed by atoms with van der Waals surface area (Å²) in [6, 6.07) is 14.7. The van der Waals surface area contributed by atoms with Gasteiger partial charge >= 0.3 is 0 Å². The Balaban J connectivity index is 1.87.